The maximum Gasteiger partial charge on any atom is 0.180 e. The number of anilines is 1. The monoisotopic (exact) mass is 303 g/mol. The topological polar surface area (TPSA) is 61.0 Å². The number of nitrogens with zero attached hydrogens (tertiary/aromatic N) is 2. The van der Waals surface area contributed by atoms with Crippen LogP contribution in [0.15, 0.2) is 29.6 Å². The van der Waals surface area contributed by atoms with E-state index in [-0.39, 0.29) is 0 Å². The lowest BCUT2D eigenvalue weighted by atomic mass is 10.2. The molecule has 0 unspecified atom stereocenters. The Bertz CT molecular complexity index is 748. The van der Waals surface area contributed by atoms with E-state index in [0.717, 1.165) is 32.6 Å². The van der Waals surface area contributed by atoms with Crippen LogP contribution in [0.1, 0.15) is 5.69 Å². The molecule has 2 aromatic heterocycles. The lowest BCUT2D eigenvalue weighted by Crippen LogP contribution is -1.83. The second-order valence-electron chi connectivity index (χ2n) is 4.24. The van der Waals surface area contributed by atoms with E-state index >= 15 is 0 Å². The Morgan fingerprint density at radius 2 is 2.10 bits per heavy atom. The molecule has 2 heterocycles. The van der Waals surface area contributed by atoms with Crippen LogP contribution in [0.2, 0.25) is 0 Å². The number of aromatic nitrogens is 2. The number of nitrogens with two attached hydrogens (primary N) is 1. The molecule has 20 heavy (non-hydrogen) atoms. The standard InChI is InChI=1S/C14H13N3OS2/c1-8-12(11-7-19-14(15)17-11)20-13(16-8)9-4-3-5-10(6-9)18-2/h3-7H,1-2H3,(H2,15,17). The number of rotatable bonds is 3. The van der Waals surface area contributed by atoms with Crippen molar-refractivity contribution >= 4 is 27.8 Å². The van der Waals surface area contributed by atoms with Crippen molar-refractivity contribution in [3.05, 3.63) is 35.3 Å². The predicted molar refractivity (Wildman–Crippen MR) is 84.4 cm³/mol. The molecule has 0 spiro atoms. The van der Waals surface area contributed by atoms with Gasteiger partial charge < -0.3 is 10.5 Å². The van der Waals surface area contributed by atoms with Crippen molar-refractivity contribution in [3.8, 4) is 26.9 Å². The smallest absolute Gasteiger partial charge is 0.180 e. The summed E-state index contributed by atoms with van der Waals surface area (Å²) in [5.74, 6) is 0.829. The summed E-state index contributed by atoms with van der Waals surface area (Å²) in [5.41, 5.74) is 8.62. The fourth-order valence-electron chi connectivity index (χ4n) is 1.91. The zero-order valence-electron chi connectivity index (χ0n) is 11.1. The van der Waals surface area contributed by atoms with Crippen LogP contribution in [-0.2, 0) is 0 Å². The molecule has 4 nitrogen and oxygen atoms in total. The van der Waals surface area contributed by atoms with Crippen molar-refractivity contribution in [2.75, 3.05) is 12.8 Å². The third-order valence-electron chi connectivity index (χ3n) is 2.87. The van der Waals surface area contributed by atoms with Crippen LogP contribution in [0.3, 0.4) is 0 Å². The molecule has 0 aliphatic heterocycles. The summed E-state index contributed by atoms with van der Waals surface area (Å²) in [6.07, 6.45) is 0. The molecule has 102 valence electrons. The van der Waals surface area contributed by atoms with E-state index < -0.39 is 0 Å². The highest BCUT2D eigenvalue weighted by Crippen LogP contribution is 2.36. The number of thiazole rings is 2. The summed E-state index contributed by atoms with van der Waals surface area (Å²) >= 11 is 3.06. The van der Waals surface area contributed by atoms with Crippen molar-refractivity contribution in [1.29, 1.82) is 0 Å². The highest BCUT2D eigenvalue weighted by atomic mass is 32.1. The van der Waals surface area contributed by atoms with E-state index in [0.29, 0.717) is 5.13 Å². The fraction of sp³-hybridized carbons (Fsp3) is 0.143. The molecule has 0 atom stereocenters. The van der Waals surface area contributed by atoms with Crippen LogP contribution in [0, 0.1) is 6.92 Å². The maximum absolute atomic E-state index is 5.70. The van der Waals surface area contributed by atoms with Gasteiger partial charge in [-0.3, -0.25) is 0 Å². The van der Waals surface area contributed by atoms with Gasteiger partial charge in [0.25, 0.3) is 0 Å². The van der Waals surface area contributed by atoms with Crippen molar-refractivity contribution in [2.45, 2.75) is 6.92 Å². The molecule has 6 heteroatoms. The summed E-state index contributed by atoms with van der Waals surface area (Å²) in [4.78, 5) is 10.0. The first-order valence-corrected chi connectivity index (χ1v) is 7.70. The molecular formula is C14H13N3OS2. The number of hydrogen-bond acceptors (Lipinski definition) is 6. The highest BCUT2D eigenvalue weighted by molar-refractivity contribution is 7.19. The fourth-order valence-corrected chi connectivity index (χ4v) is 3.56. The van der Waals surface area contributed by atoms with Gasteiger partial charge in [0.05, 0.1) is 23.4 Å². The number of nitrogen functional groups attached to an aromatic ring is 1. The minimum atomic E-state index is 0.579. The van der Waals surface area contributed by atoms with Gasteiger partial charge in [-0.05, 0) is 19.1 Å². The quantitative estimate of drug-likeness (QED) is 0.798. The van der Waals surface area contributed by atoms with Crippen molar-refractivity contribution in [3.63, 3.8) is 0 Å². The van der Waals surface area contributed by atoms with Crippen LogP contribution in [0.4, 0.5) is 5.13 Å². The number of methoxy groups -OCH3 is 1. The molecule has 0 radical (unpaired) electrons. The lowest BCUT2D eigenvalue weighted by Gasteiger charge is -2.00. The molecule has 3 aromatic rings. The van der Waals surface area contributed by atoms with E-state index in [1.807, 2.05) is 36.6 Å². The molecular weight excluding hydrogens is 290 g/mol. The third-order valence-corrected chi connectivity index (χ3v) is 4.77. The molecule has 0 bridgehead atoms. The largest absolute Gasteiger partial charge is 0.497 e. The molecule has 0 saturated carbocycles. The third kappa shape index (κ3) is 2.39. The summed E-state index contributed by atoms with van der Waals surface area (Å²) in [7, 11) is 1.66. The van der Waals surface area contributed by atoms with Crippen LogP contribution in [0.25, 0.3) is 21.1 Å². The van der Waals surface area contributed by atoms with E-state index in [4.69, 9.17) is 10.5 Å². The van der Waals surface area contributed by atoms with Gasteiger partial charge in [0.1, 0.15) is 10.8 Å². The Kier molecular flexibility index (Phi) is 3.42. The van der Waals surface area contributed by atoms with Gasteiger partial charge in [-0.25, -0.2) is 9.97 Å². The zero-order valence-corrected chi connectivity index (χ0v) is 12.7. The molecule has 3 rings (SSSR count). The normalized spacial score (nSPS) is 10.7. The molecule has 0 aliphatic carbocycles. The summed E-state index contributed by atoms with van der Waals surface area (Å²) in [5, 5.41) is 3.50. The minimum absolute atomic E-state index is 0.579. The van der Waals surface area contributed by atoms with Crippen LogP contribution >= 0.6 is 22.7 Å². The van der Waals surface area contributed by atoms with Crippen LogP contribution < -0.4 is 10.5 Å². The Morgan fingerprint density at radius 3 is 2.80 bits per heavy atom. The highest BCUT2D eigenvalue weighted by Gasteiger charge is 2.13. The number of hydrogen-bond donors (Lipinski definition) is 1. The molecule has 0 aliphatic rings. The van der Waals surface area contributed by atoms with Crippen LogP contribution in [-0.4, -0.2) is 17.1 Å². The maximum atomic E-state index is 5.70. The Balaban J connectivity index is 2.03. The van der Waals surface area contributed by atoms with E-state index in [1.165, 1.54) is 11.3 Å². The van der Waals surface area contributed by atoms with E-state index in [1.54, 1.807) is 18.4 Å². The number of ether oxygens (including phenoxy) is 1. The molecule has 2 N–H and O–H groups in total. The van der Waals surface area contributed by atoms with Gasteiger partial charge in [-0.15, -0.1) is 22.7 Å². The molecule has 1 aromatic carbocycles. The SMILES string of the molecule is COc1cccc(-c2nc(C)c(-c3csc(N)n3)s2)c1. The van der Waals surface area contributed by atoms with Gasteiger partial charge in [0.15, 0.2) is 5.13 Å². The average Bonchev–Trinajstić information content (AvgIpc) is 3.05. The van der Waals surface area contributed by atoms with E-state index in [2.05, 4.69) is 9.97 Å². The summed E-state index contributed by atoms with van der Waals surface area (Å²) in [6.45, 7) is 1.99. The molecule has 0 fully saturated rings. The Hall–Kier alpha value is -1.92. The minimum Gasteiger partial charge on any atom is -0.497 e. The average molecular weight is 303 g/mol. The predicted octanol–water partition coefficient (Wildman–Crippen LogP) is 3.83. The summed E-state index contributed by atoms with van der Waals surface area (Å²) in [6, 6.07) is 7.90. The van der Waals surface area contributed by atoms with Gasteiger partial charge in [0, 0.05) is 10.9 Å². The van der Waals surface area contributed by atoms with E-state index in [9.17, 15) is 0 Å². The zero-order chi connectivity index (χ0) is 14.1. The number of aryl methyl sites for hydroxylation is 1. The van der Waals surface area contributed by atoms with Crippen LogP contribution in [0.5, 0.6) is 5.75 Å². The first-order chi connectivity index (χ1) is 9.67. The Morgan fingerprint density at radius 1 is 1.25 bits per heavy atom. The summed E-state index contributed by atoms with van der Waals surface area (Å²) < 4.78 is 5.25. The molecule has 0 saturated heterocycles. The lowest BCUT2D eigenvalue weighted by molar-refractivity contribution is 0.415. The first kappa shape index (κ1) is 13.1. The van der Waals surface area contributed by atoms with Gasteiger partial charge in [-0.2, -0.15) is 0 Å². The van der Waals surface area contributed by atoms with Crippen molar-refractivity contribution < 1.29 is 4.74 Å². The van der Waals surface area contributed by atoms with Gasteiger partial charge in [-0.1, -0.05) is 12.1 Å². The van der Waals surface area contributed by atoms with Gasteiger partial charge in [0.2, 0.25) is 0 Å². The second kappa shape index (κ2) is 5.22. The van der Waals surface area contributed by atoms with Crippen molar-refractivity contribution in [2.24, 2.45) is 0 Å². The van der Waals surface area contributed by atoms with Crippen molar-refractivity contribution in [1.82, 2.24) is 9.97 Å². The second-order valence-corrected chi connectivity index (χ2v) is 6.13. The Labute approximate surface area is 124 Å². The molecule has 0 amide bonds. The first-order valence-electron chi connectivity index (χ1n) is 6.00. The van der Waals surface area contributed by atoms with Gasteiger partial charge >= 0.3 is 0 Å². The number of benzene rings is 1.